The lowest BCUT2D eigenvalue weighted by molar-refractivity contribution is 0.453. The molecule has 4 aromatic rings. The van der Waals surface area contributed by atoms with Crippen LogP contribution in [0.25, 0.3) is 22.3 Å². The summed E-state index contributed by atoms with van der Waals surface area (Å²) in [5, 5.41) is 4.70. The zero-order chi connectivity index (χ0) is 19.5. The lowest BCUT2D eigenvalue weighted by Crippen LogP contribution is -2.52. The van der Waals surface area contributed by atoms with Crippen LogP contribution >= 0.6 is 0 Å². The summed E-state index contributed by atoms with van der Waals surface area (Å²) in [6.07, 6.45) is 8.16. The first kappa shape index (κ1) is 17.7. The Morgan fingerprint density at radius 2 is 1.76 bits per heavy atom. The topological polar surface area (TPSA) is 66.8 Å². The summed E-state index contributed by atoms with van der Waals surface area (Å²) in [5.41, 5.74) is 3.17. The Hall–Kier alpha value is -3.38. The monoisotopic (exact) mass is 382 g/mol. The number of nitrogens with one attached hydrogen (secondary N) is 1. The van der Waals surface area contributed by atoms with Crippen LogP contribution in [0.3, 0.4) is 0 Å². The third-order valence-corrected chi connectivity index (χ3v) is 5.30. The number of fused-ring (bicyclic) bond motifs is 1. The van der Waals surface area contributed by atoms with Crippen molar-refractivity contribution in [2.75, 3.05) is 24.5 Å². The normalized spacial score (nSPS) is 16.8. The number of piperazine rings is 1. The van der Waals surface area contributed by atoms with Gasteiger partial charge in [0.15, 0.2) is 5.82 Å². The summed E-state index contributed by atoms with van der Waals surface area (Å²) >= 11 is 0. The number of hydrogen-bond acceptors (Lipinski definition) is 6. The van der Waals surface area contributed by atoms with Crippen molar-refractivity contribution in [2.45, 2.75) is 12.5 Å². The van der Waals surface area contributed by atoms with E-state index in [1.165, 1.54) is 5.56 Å². The molecule has 1 saturated heterocycles. The molecular weight excluding hydrogens is 360 g/mol. The summed E-state index contributed by atoms with van der Waals surface area (Å²) in [4.78, 5) is 20.5. The quantitative estimate of drug-likeness (QED) is 0.585. The smallest absolute Gasteiger partial charge is 0.162 e. The molecule has 1 aromatic carbocycles. The SMILES string of the molecule is c1ccc(C[C@@H]2CN(c3nc(-c4ccncc4)nc4cnccc34)CCN2)cc1. The zero-order valence-corrected chi connectivity index (χ0v) is 16.1. The molecule has 1 atom stereocenters. The van der Waals surface area contributed by atoms with Crippen LogP contribution in [0.4, 0.5) is 5.82 Å². The van der Waals surface area contributed by atoms with Gasteiger partial charge in [0.1, 0.15) is 5.82 Å². The second-order valence-corrected chi connectivity index (χ2v) is 7.29. The van der Waals surface area contributed by atoms with Crippen LogP contribution in [0.5, 0.6) is 0 Å². The van der Waals surface area contributed by atoms with Crippen LogP contribution in [0.15, 0.2) is 73.3 Å². The van der Waals surface area contributed by atoms with Crippen LogP contribution in [0.2, 0.25) is 0 Å². The highest BCUT2D eigenvalue weighted by Crippen LogP contribution is 2.27. The van der Waals surface area contributed by atoms with Crippen molar-refractivity contribution in [1.82, 2.24) is 25.3 Å². The number of nitrogens with zero attached hydrogens (tertiary/aromatic N) is 5. The van der Waals surface area contributed by atoms with Gasteiger partial charge < -0.3 is 10.2 Å². The number of hydrogen-bond donors (Lipinski definition) is 1. The molecule has 0 amide bonds. The molecule has 0 aliphatic carbocycles. The molecule has 29 heavy (non-hydrogen) atoms. The van der Waals surface area contributed by atoms with Gasteiger partial charge in [0.25, 0.3) is 0 Å². The van der Waals surface area contributed by atoms with Gasteiger partial charge in [-0.15, -0.1) is 0 Å². The van der Waals surface area contributed by atoms with Gasteiger partial charge in [-0.3, -0.25) is 9.97 Å². The third-order valence-electron chi connectivity index (χ3n) is 5.30. The van der Waals surface area contributed by atoms with Crippen molar-refractivity contribution in [3.8, 4) is 11.4 Å². The molecule has 0 radical (unpaired) electrons. The third kappa shape index (κ3) is 3.79. The van der Waals surface area contributed by atoms with E-state index in [4.69, 9.17) is 9.97 Å². The Labute approximate surface area is 169 Å². The molecule has 1 aliphatic heterocycles. The molecular formula is C23H22N6. The van der Waals surface area contributed by atoms with Crippen LogP contribution < -0.4 is 10.2 Å². The predicted molar refractivity (Wildman–Crippen MR) is 115 cm³/mol. The van der Waals surface area contributed by atoms with Crippen LogP contribution in [-0.4, -0.2) is 45.6 Å². The number of pyridine rings is 2. The van der Waals surface area contributed by atoms with E-state index in [-0.39, 0.29) is 0 Å². The van der Waals surface area contributed by atoms with Gasteiger partial charge in [0.2, 0.25) is 0 Å². The van der Waals surface area contributed by atoms with Crippen molar-refractivity contribution in [3.05, 3.63) is 78.9 Å². The Balaban J connectivity index is 1.50. The fourth-order valence-electron chi connectivity index (χ4n) is 3.89. The Morgan fingerprint density at radius 3 is 2.62 bits per heavy atom. The Bertz CT molecular complexity index is 1100. The van der Waals surface area contributed by atoms with Crippen molar-refractivity contribution in [1.29, 1.82) is 0 Å². The number of aromatic nitrogens is 4. The first-order chi connectivity index (χ1) is 14.4. The molecule has 0 spiro atoms. The van der Waals surface area contributed by atoms with E-state index < -0.39 is 0 Å². The van der Waals surface area contributed by atoms with E-state index in [9.17, 15) is 0 Å². The van der Waals surface area contributed by atoms with Gasteiger partial charge in [0, 0.05) is 55.2 Å². The van der Waals surface area contributed by atoms with E-state index in [1.807, 2.05) is 30.6 Å². The fraction of sp³-hybridized carbons (Fsp3) is 0.217. The van der Waals surface area contributed by atoms with Crippen molar-refractivity contribution in [2.24, 2.45) is 0 Å². The molecule has 5 rings (SSSR count). The maximum Gasteiger partial charge on any atom is 0.162 e. The lowest BCUT2D eigenvalue weighted by atomic mass is 10.0. The summed E-state index contributed by atoms with van der Waals surface area (Å²) < 4.78 is 0. The van der Waals surface area contributed by atoms with Gasteiger partial charge in [-0.2, -0.15) is 0 Å². The van der Waals surface area contributed by atoms with Crippen molar-refractivity contribution < 1.29 is 0 Å². The molecule has 0 saturated carbocycles. The maximum atomic E-state index is 4.97. The standard InChI is InChI=1S/C23H22N6/c1-2-4-17(5-3-1)14-19-16-29(13-12-26-19)23-20-8-11-25-15-21(20)27-22(28-23)18-6-9-24-10-7-18/h1-11,15,19,26H,12-14,16H2/t19-/m1/s1. The highest BCUT2D eigenvalue weighted by molar-refractivity contribution is 5.90. The second kappa shape index (κ2) is 7.93. The van der Waals surface area contributed by atoms with Crippen molar-refractivity contribution in [3.63, 3.8) is 0 Å². The minimum absolute atomic E-state index is 0.377. The molecule has 4 heterocycles. The summed E-state index contributed by atoms with van der Waals surface area (Å²) in [7, 11) is 0. The highest BCUT2D eigenvalue weighted by Gasteiger charge is 2.23. The Kier molecular flexibility index (Phi) is 4.84. The largest absolute Gasteiger partial charge is 0.353 e. The van der Waals surface area contributed by atoms with Gasteiger partial charge in [0.05, 0.1) is 11.7 Å². The summed E-state index contributed by atoms with van der Waals surface area (Å²) in [5.74, 6) is 1.69. The number of benzene rings is 1. The molecule has 1 N–H and O–H groups in total. The van der Waals surface area contributed by atoms with E-state index in [2.05, 4.69) is 50.5 Å². The van der Waals surface area contributed by atoms with E-state index >= 15 is 0 Å². The first-order valence-corrected chi connectivity index (χ1v) is 9.91. The predicted octanol–water partition coefficient (Wildman–Crippen LogP) is 3.11. The fourth-order valence-corrected chi connectivity index (χ4v) is 3.89. The first-order valence-electron chi connectivity index (χ1n) is 9.91. The van der Waals surface area contributed by atoms with Crippen molar-refractivity contribution >= 4 is 16.7 Å². The molecule has 1 fully saturated rings. The van der Waals surface area contributed by atoms with Gasteiger partial charge in [-0.25, -0.2) is 9.97 Å². The maximum absolute atomic E-state index is 4.97. The van der Waals surface area contributed by atoms with E-state index in [0.717, 1.165) is 48.3 Å². The van der Waals surface area contributed by atoms with Crippen LogP contribution in [-0.2, 0) is 6.42 Å². The van der Waals surface area contributed by atoms with Gasteiger partial charge in [-0.1, -0.05) is 30.3 Å². The number of rotatable bonds is 4. The van der Waals surface area contributed by atoms with Gasteiger partial charge >= 0.3 is 0 Å². The van der Waals surface area contributed by atoms with Crippen LogP contribution in [0.1, 0.15) is 5.56 Å². The van der Waals surface area contributed by atoms with Crippen LogP contribution in [0, 0.1) is 0 Å². The molecule has 1 aliphatic rings. The average molecular weight is 382 g/mol. The molecule has 144 valence electrons. The average Bonchev–Trinajstić information content (AvgIpc) is 2.80. The summed E-state index contributed by atoms with van der Waals surface area (Å²) in [6, 6.07) is 16.9. The second-order valence-electron chi connectivity index (χ2n) is 7.29. The molecule has 6 nitrogen and oxygen atoms in total. The van der Waals surface area contributed by atoms with Gasteiger partial charge in [-0.05, 0) is 30.2 Å². The summed E-state index contributed by atoms with van der Waals surface area (Å²) in [6.45, 7) is 2.74. The molecule has 0 unspecified atom stereocenters. The minimum Gasteiger partial charge on any atom is -0.353 e. The zero-order valence-electron chi connectivity index (χ0n) is 16.1. The molecule has 6 heteroatoms. The minimum atomic E-state index is 0.377. The van der Waals surface area contributed by atoms with E-state index in [0.29, 0.717) is 11.9 Å². The lowest BCUT2D eigenvalue weighted by Gasteiger charge is -2.35. The highest BCUT2D eigenvalue weighted by atomic mass is 15.3. The Morgan fingerprint density at radius 1 is 0.931 bits per heavy atom. The van der Waals surface area contributed by atoms with E-state index in [1.54, 1.807) is 12.4 Å². The molecule has 3 aromatic heterocycles. The number of anilines is 1. The molecule has 0 bridgehead atoms.